The van der Waals surface area contributed by atoms with Crippen LogP contribution in [0.1, 0.15) is 25.0 Å². The van der Waals surface area contributed by atoms with E-state index in [2.05, 4.69) is 18.3 Å². The number of carbonyl (C=O) groups is 1. The predicted octanol–water partition coefficient (Wildman–Crippen LogP) is 2.92. The Morgan fingerprint density at radius 1 is 1.64 bits per heavy atom. The van der Waals surface area contributed by atoms with Gasteiger partial charge in [0.2, 0.25) is 0 Å². The maximum atomic E-state index is 11.5. The SMILES string of the molecule is CCc1cc2c(s1)CN(CC)C(=O)N2.[HH]. The van der Waals surface area contributed by atoms with Gasteiger partial charge in [0.05, 0.1) is 12.2 Å². The van der Waals surface area contributed by atoms with Crippen molar-refractivity contribution < 1.29 is 6.22 Å². The summed E-state index contributed by atoms with van der Waals surface area (Å²) in [5, 5.41) is 2.91. The quantitative estimate of drug-likeness (QED) is 0.803. The maximum Gasteiger partial charge on any atom is 0.322 e. The highest BCUT2D eigenvalue weighted by molar-refractivity contribution is 7.12. The van der Waals surface area contributed by atoms with Gasteiger partial charge >= 0.3 is 6.03 Å². The summed E-state index contributed by atoms with van der Waals surface area (Å²) in [5.74, 6) is 0. The summed E-state index contributed by atoms with van der Waals surface area (Å²) >= 11 is 1.80. The van der Waals surface area contributed by atoms with Crippen molar-refractivity contribution in [3.63, 3.8) is 0 Å². The van der Waals surface area contributed by atoms with Gasteiger partial charge < -0.3 is 10.2 Å². The molecule has 0 saturated carbocycles. The van der Waals surface area contributed by atoms with E-state index in [1.807, 2.05) is 11.8 Å². The summed E-state index contributed by atoms with van der Waals surface area (Å²) in [6.45, 7) is 5.67. The fraction of sp³-hybridized carbons (Fsp3) is 0.500. The molecule has 0 aliphatic carbocycles. The van der Waals surface area contributed by atoms with E-state index in [1.54, 1.807) is 11.3 Å². The van der Waals surface area contributed by atoms with Crippen LogP contribution in [0, 0.1) is 0 Å². The molecule has 0 fully saturated rings. The lowest BCUT2D eigenvalue weighted by Crippen LogP contribution is -2.37. The number of rotatable bonds is 2. The lowest BCUT2D eigenvalue weighted by atomic mass is 10.3. The lowest BCUT2D eigenvalue weighted by molar-refractivity contribution is 0.210. The predicted molar refractivity (Wildman–Crippen MR) is 60.9 cm³/mol. The summed E-state index contributed by atoms with van der Waals surface area (Å²) in [6.07, 6.45) is 1.04. The molecule has 0 spiro atoms. The second-order valence-electron chi connectivity index (χ2n) is 3.35. The van der Waals surface area contributed by atoms with E-state index >= 15 is 0 Å². The normalized spacial score (nSPS) is 15.3. The van der Waals surface area contributed by atoms with Gasteiger partial charge in [0, 0.05) is 17.7 Å². The average molecular weight is 212 g/mol. The van der Waals surface area contributed by atoms with Crippen LogP contribution >= 0.6 is 11.3 Å². The highest BCUT2D eigenvalue weighted by atomic mass is 32.1. The zero-order valence-electron chi connectivity index (χ0n) is 8.46. The Bertz CT molecular complexity index is 364. The summed E-state index contributed by atoms with van der Waals surface area (Å²) in [5.41, 5.74) is 1.02. The standard InChI is InChI=1S/C10H14N2OS.H2/c1-3-7-5-8-9(14-7)6-12(4-2)10(13)11-8;/h5H,3-4,6H2,1-2H3,(H,11,13);1H. The second-order valence-corrected chi connectivity index (χ2v) is 4.57. The number of hydrogen-bond acceptors (Lipinski definition) is 2. The van der Waals surface area contributed by atoms with Crippen LogP contribution in [0.2, 0.25) is 0 Å². The largest absolute Gasteiger partial charge is 0.322 e. The Morgan fingerprint density at radius 3 is 3.07 bits per heavy atom. The van der Waals surface area contributed by atoms with Crippen molar-refractivity contribution in [2.75, 3.05) is 11.9 Å². The summed E-state index contributed by atoms with van der Waals surface area (Å²) in [7, 11) is 0. The number of urea groups is 1. The van der Waals surface area contributed by atoms with Gasteiger partial charge in [-0.1, -0.05) is 6.92 Å². The molecule has 0 bridgehead atoms. The van der Waals surface area contributed by atoms with Crippen LogP contribution in [0.3, 0.4) is 0 Å². The zero-order chi connectivity index (χ0) is 10.1. The molecule has 3 nitrogen and oxygen atoms in total. The Morgan fingerprint density at radius 2 is 2.43 bits per heavy atom. The molecule has 0 radical (unpaired) electrons. The van der Waals surface area contributed by atoms with Crippen LogP contribution in [0.25, 0.3) is 0 Å². The van der Waals surface area contributed by atoms with Crippen molar-refractivity contribution in [2.45, 2.75) is 26.8 Å². The van der Waals surface area contributed by atoms with E-state index in [9.17, 15) is 4.79 Å². The summed E-state index contributed by atoms with van der Waals surface area (Å²) in [6, 6.07) is 2.12. The van der Waals surface area contributed by atoms with Gasteiger partial charge in [-0.25, -0.2) is 4.79 Å². The number of amides is 2. The Labute approximate surface area is 89.2 Å². The minimum atomic E-state index is 0. The second kappa shape index (κ2) is 3.61. The van der Waals surface area contributed by atoms with Gasteiger partial charge in [-0.2, -0.15) is 0 Å². The molecule has 1 aromatic rings. The Kier molecular flexibility index (Phi) is 2.46. The molecular formula is C10H16N2OS. The molecular weight excluding hydrogens is 196 g/mol. The van der Waals surface area contributed by atoms with E-state index in [0.717, 1.165) is 25.2 Å². The van der Waals surface area contributed by atoms with Gasteiger partial charge in [0.25, 0.3) is 0 Å². The van der Waals surface area contributed by atoms with Crippen molar-refractivity contribution in [1.82, 2.24) is 4.90 Å². The van der Waals surface area contributed by atoms with Crippen LogP contribution in [0.5, 0.6) is 0 Å². The monoisotopic (exact) mass is 212 g/mol. The first-order chi connectivity index (χ1) is 6.74. The van der Waals surface area contributed by atoms with Crippen LogP contribution in [0.15, 0.2) is 6.07 Å². The smallest absolute Gasteiger partial charge is 0.320 e. The zero-order valence-corrected chi connectivity index (χ0v) is 9.28. The number of nitrogens with zero attached hydrogens (tertiary/aromatic N) is 1. The van der Waals surface area contributed by atoms with Crippen molar-refractivity contribution in [3.05, 3.63) is 15.8 Å². The van der Waals surface area contributed by atoms with Gasteiger partial charge in [-0.05, 0) is 19.4 Å². The Hall–Kier alpha value is -1.03. The van der Waals surface area contributed by atoms with Gasteiger partial charge in [0.1, 0.15) is 0 Å². The van der Waals surface area contributed by atoms with E-state index in [0.29, 0.717) is 0 Å². The molecule has 1 aliphatic rings. The van der Waals surface area contributed by atoms with Crippen molar-refractivity contribution in [3.8, 4) is 0 Å². The average Bonchev–Trinajstić information content (AvgIpc) is 2.58. The van der Waals surface area contributed by atoms with E-state index in [1.165, 1.54) is 9.75 Å². The van der Waals surface area contributed by atoms with E-state index < -0.39 is 0 Å². The van der Waals surface area contributed by atoms with Crippen molar-refractivity contribution in [2.24, 2.45) is 0 Å². The van der Waals surface area contributed by atoms with Gasteiger partial charge in [-0.15, -0.1) is 11.3 Å². The highest BCUT2D eigenvalue weighted by Crippen LogP contribution is 2.31. The molecule has 2 heterocycles. The molecule has 14 heavy (non-hydrogen) atoms. The number of thiophene rings is 1. The molecule has 4 heteroatoms. The van der Waals surface area contributed by atoms with Gasteiger partial charge in [0.15, 0.2) is 0 Å². The van der Waals surface area contributed by atoms with Crippen LogP contribution < -0.4 is 5.32 Å². The number of carbonyl (C=O) groups excluding carboxylic acids is 1. The maximum absolute atomic E-state index is 11.5. The number of hydrogen-bond donors (Lipinski definition) is 1. The fourth-order valence-electron chi connectivity index (χ4n) is 1.58. The third-order valence-electron chi connectivity index (χ3n) is 2.45. The number of aryl methyl sites for hydroxylation is 1. The fourth-order valence-corrected chi connectivity index (χ4v) is 2.65. The molecule has 2 amide bonds. The third kappa shape index (κ3) is 1.50. The molecule has 2 rings (SSSR count). The minimum Gasteiger partial charge on any atom is -0.320 e. The molecule has 0 unspecified atom stereocenters. The highest BCUT2D eigenvalue weighted by Gasteiger charge is 2.22. The van der Waals surface area contributed by atoms with E-state index in [-0.39, 0.29) is 7.46 Å². The third-order valence-corrected chi connectivity index (χ3v) is 3.72. The number of anilines is 1. The van der Waals surface area contributed by atoms with E-state index in [4.69, 9.17) is 0 Å². The first-order valence-electron chi connectivity index (χ1n) is 4.92. The first-order valence-corrected chi connectivity index (χ1v) is 5.73. The van der Waals surface area contributed by atoms with Crippen molar-refractivity contribution >= 4 is 23.1 Å². The molecule has 0 saturated heterocycles. The van der Waals surface area contributed by atoms with Crippen LogP contribution in [-0.4, -0.2) is 17.5 Å². The molecule has 1 N–H and O–H groups in total. The molecule has 78 valence electrons. The molecule has 0 aromatic carbocycles. The van der Waals surface area contributed by atoms with Gasteiger partial charge in [-0.3, -0.25) is 0 Å². The number of nitrogens with one attached hydrogen (secondary N) is 1. The Balaban J connectivity index is 0.00000112. The molecule has 0 atom stereocenters. The first kappa shape index (κ1) is 9.52. The summed E-state index contributed by atoms with van der Waals surface area (Å²) < 4.78 is 0. The number of fused-ring (bicyclic) bond motifs is 1. The van der Waals surface area contributed by atoms with Crippen LogP contribution in [0.4, 0.5) is 10.5 Å². The van der Waals surface area contributed by atoms with Crippen molar-refractivity contribution in [1.29, 1.82) is 0 Å². The summed E-state index contributed by atoms with van der Waals surface area (Å²) in [4.78, 5) is 15.9. The topological polar surface area (TPSA) is 32.3 Å². The lowest BCUT2D eigenvalue weighted by Gasteiger charge is -2.25. The molecule has 1 aliphatic heterocycles. The van der Waals surface area contributed by atoms with Crippen LogP contribution in [-0.2, 0) is 13.0 Å². The minimum absolute atomic E-state index is 0. The molecule has 1 aromatic heterocycles.